The fraction of sp³-hybridized carbons (Fsp3) is 0.333. The molecule has 0 saturated carbocycles. The van der Waals surface area contributed by atoms with Gasteiger partial charge < -0.3 is 21.5 Å². The van der Waals surface area contributed by atoms with E-state index in [2.05, 4.69) is 5.32 Å². The van der Waals surface area contributed by atoms with E-state index in [0.717, 1.165) is 12.1 Å². The lowest BCUT2D eigenvalue weighted by Gasteiger charge is -2.17. The van der Waals surface area contributed by atoms with Gasteiger partial charge in [-0.25, -0.2) is 4.79 Å². The Labute approximate surface area is 118 Å². The van der Waals surface area contributed by atoms with Crippen molar-refractivity contribution in [1.29, 1.82) is 0 Å². The predicted octanol–water partition coefficient (Wildman–Crippen LogP) is 2.27. The van der Waals surface area contributed by atoms with E-state index in [1.165, 1.54) is 6.07 Å². The molecule has 5 N–H and O–H groups in total. The van der Waals surface area contributed by atoms with Gasteiger partial charge in [0.15, 0.2) is 0 Å². The summed E-state index contributed by atoms with van der Waals surface area (Å²) in [6.07, 6.45) is -5.92. The van der Waals surface area contributed by atoms with Gasteiger partial charge in [0.1, 0.15) is 6.04 Å². The monoisotopic (exact) mass is 305 g/mol. The molecule has 116 valence electrons. The van der Waals surface area contributed by atoms with Crippen LogP contribution in [0.5, 0.6) is 0 Å². The topological polar surface area (TPSA) is 104 Å². The third-order valence-electron chi connectivity index (χ3n) is 2.69. The van der Waals surface area contributed by atoms with E-state index in [1.807, 2.05) is 5.32 Å². The molecule has 0 aliphatic rings. The highest BCUT2D eigenvalue weighted by Crippen LogP contribution is 2.36. The van der Waals surface area contributed by atoms with E-state index in [-0.39, 0.29) is 12.1 Å². The molecule has 0 saturated heterocycles. The summed E-state index contributed by atoms with van der Waals surface area (Å²) in [6.45, 7) is 1.55. The average molecular weight is 305 g/mol. The molecule has 1 aromatic carbocycles. The smallest absolute Gasteiger partial charge is 0.418 e. The molecule has 0 fully saturated rings. The maximum Gasteiger partial charge on any atom is 0.418 e. The number of alkyl halides is 3. The molecule has 6 nitrogen and oxygen atoms in total. The number of carboxylic acid groups (broad SMARTS) is 1. The third-order valence-corrected chi connectivity index (χ3v) is 2.69. The summed E-state index contributed by atoms with van der Waals surface area (Å²) >= 11 is 0. The van der Waals surface area contributed by atoms with Crippen LogP contribution in [0, 0.1) is 0 Å². The molecule has 0 aliphatic carbocycles. The lowest BCUT2D eigenvalue weighted by molar-refractivity contribution is -0.136. The fourth-order valence-electron chi connectivity index (χ4n) is 1.64. The van der Waals surface area contributed by atoms with Gasteiger partial charge >= 0.3 is 12.3 Å². The van der Waals surface area contributed by atoms with Crippen LogP contribution in [0.3, 0.4) is 0 Å². The molecule has 0 bridgehead atoms. The van der Waals surface area contributed by atoms with Crippen molar-refractivity contribution >= 4 is 23.4 Å². The number of carbonyl (C=O) groups excluding carboxylic acids is 1. The Morgan fingerprint density at radius 3 is 2.48 bits per heavy atom. The summed E-state index contributed by atoms with van der Waals surface area (Å²) < 4.78 is 38.0. The molecule has 0 heterocycles. The number of amides is 2. The molecule has 2 amide bonds. The van der Waals surface area contributed by atoms with Crippen LogP contribution in [0.1, 0.15) is 18.9 Å². The van der Waals surface area contributed by atoms with Crippen molar-refractivity contribution in [3.05, 3.63) is 23.8 Å². The van der Waals surface area contributed by atoms with Crippen molar-refractivity contribution < 1.29 is 27.9 Å². The minimum Gasteiger partial charge on any atom is -0.465 e. The summed E-state index contributed by atoms with van der Waals surface area (Å²) in [4.78, 5) is 22.3. The molecule has 9 heteroatoms. The molecule has 1 aromatic rings. The molecule has 0 unspecified atom stereocenters. The normalized spacial score (nSPS) is 12.6. The van der Waals surface area contributed by atoms with Gasteiger partial charge in [0, 0.05) is 0 Å². The number of hydrogen-bond acceptors (Lipinski definition) is 3. The lowest BCUT2D eigenvalue weighted by Crippen LogP contribution is -2.42. The zero-order chi connectivity index (χ0) is 16.2. The molecule has 0 radical (unpaired) electrons. The minimum atomic E-state index is -4.64. The Kier molecular flexibility index (Phi) is 5.01. The number of benzene rings is 1. The number of nitrogens with two attached hydrogens (primary N) is 1. The second-order valence-corrected chi connectivity index (χ2v) is 4.16. The van der Waals surface area contributed by atoms with E-state index in [4.69, 9.17) is 10.8 Å². The van der Waals surface area contributed by atoms with Crippen molar-refractivity contribution in [2.45, 2.75) is 25.6 Å². The largest absolute Gasteiger partial charge is 0.465 e. The molecular weight excluding hydrogens is 291 g/mol. The molecule has 0 spiro atoms. The van der Waals surface area contributed by atoms with Gasteiger partial charge in [-0.05, 0) is 18.6 Å². The quantitative estimate of drug-likeness (QED) is 0.640. The van der Waals surface area contributed by atoms with Crippen molar-refractivity contribution in [1.82, 2.24) is 5.32 Å². The van der Waals surface area contributed by atoms with Crippen molar-refractivity contribution in [3.63, 3.8) is 0 Å². The Hall–Kier alpha value is -2.45. The number of nitrogen functional groups attached to an aromatic ring is 1. The van der Waals surface area contributed by atoms with Crippen LogP contribution >= 0.6 is 0 Å². The summed E-state index contributed by atoms with van der Waals surface area (Å²) in [6, 6.07) is 2.00. The van der Waals surface area contributed by atoms with E-state index in [9.17, 15) is 22.8 Å². The fourth-order valence-corrected chi connectivity index (χ4v) is 1.64. The van der Waals surface area contributed by atoms with Crippen LogP contribution in [0.15, 0.2) is 18.2 Å². The second kappa shape index (κ2) is 6.33. The Morgan fingerprint density at radius 2 is 2.00 bits per heavy atom. The Balaban J connectivity index is 2.98. The van der Waals surface area contributed by atoms with Crippen LogP contribution in [0.25, 0.3) is 0 Å². The van der Waals surface area contributed by atoms with Crippen LogP contribution in [0.2, 0.25) is 0 Å². The third kappa shape index (κ3) is 4.26. The molecule has 1 atom stereocenters. The standard InChI is InChI=1S/C12H14F3N3O3/c1-2-7(18-11(20)21)10(19)17-8-5-3-4-6(9(8)16)12(13,14)15/h3-5,7,18H,2,16H2,1H3,(H,17,19)(H,20,21)/t7-/m0/s1. The highest BCUT2D eigenvalue weighted by Gasteiger charge is 2.34. The number of halogens is 3. The number of anilines is 2. The van der Waals surface area contributed by atoms with Gasteiger partial charge in [0.25, 0.3) is 0 Å². The summed E-state index contributed by atoms with van der Waals surface area (Å²) in [5.74, 6) is -0.786. The number of hydrogen-bond donors (Lipinski definition) is 4. The predicted molar refractivity (Wildman–Crippen MR) is 69.7 cm³/mol. The second-order valence-electron chi connectivity index (χ2n) is 4.16. The van der Waals surface area contributed by atoms with Crippen molar-refractivity contribution in [2.24, 2.45) is 0 Å². The highest BCUT2D eigenvalue weighted by atomic mass is 19.4. The number of nitrogens with one attached hydrogen (secondary N) is 2. The molecular formula is C12H14F3N3O3. The number of rotatable bonds is 4. The summed E-state index contributed by atoms with van der Waals surface area (Å²) in [5, 5.41) is 12.7. The first-order valence-electron chi connectivity index (χ1n) is 5.92. The first-order valence-corrected chi connectivity index (χ1v) is 5.92. The minimum absolute atomic E-state index is 0.136. The summed E-state index contributed by atoms with van der Waals surface area (Å²) in [5.41, 5.74) is 3.48. The zero-order valence-corrected chi connectivity index (χ0v) is 11.0. The molecule has 21 heavy (non-hydrogen) atoms. The molecule has 0 aromatic heterocycles. The SMILES string of the molecule is CC[C@H](NC(=O)O)C(=O)Nc1cccc(C(F)(F)F)c1N. The lowest BCUT2D eigenvalue weighted by atomic mass is 10.1. The van der Waals surface area contributed by atoms with Crippen molar-refractivity contribution in [3.8, 4) is 0 Å². The van der Waals surface area contributed by atoms with Gasteiger partial charge in [-0.15, -0.1) is 0 Å². The summed E-state index contributed by atoms with van der Waals surface area (Å²) in [7, 11) is 0. The van der Waals surface area contributed by atoms with Gasteiger partial charge in [-0.3, -0.25) is 4.79 Å². The number of para-hydroxylation sites is 1. The maximum atomic E-state index is 12.7. The van der Waals surface area contributed by atoms with Crippen LogP contribution in [0.4, 0.5) is 29.3 Å². The van der Waals surface area contributed by atoms with E-state index < -0.39 is 35.5 Å². The van der Waals surface area contributed by atoms with Gasteiger partial charge in [-0.1, -0.05) is 13.0 Å². The van der Waals surface area contributed by atoms with Crippen LogP contribution < -0.4 is 16.4 Å². The number of carbonyl (C=O) groups is 2. The Bertz CT molecular complexity index is 546. The van der Waals surface area contributed by atoms with Crippen molar-refractivity contribution in [2.75, 3.05) is 11.1 Å². The van der Waals surface area contributed by atoms with E-state index >= 15 is 0 Å². The first kappa shape index (κ1) is 16.6. The first-order chi connectivity index (χ1) is 9.66. The van der Waals surface area contributed by atoms with Gasteiger partial charge in [0.05, 0.1) is 16.9 Å². The van der Waals surface area contributed by atoms with E-state index in [1.54, 1.807) is 6.92 Å². The van der Waals surface area contributed by atoms with Crippen LogP contribution in [-0.4, -0.2) is 23.1 Å². The molecule has 1 rings (SSSR count). The maximum absolute atomic E-state index is 12.7. The Morgan fingerprint density at radius 1 is 1.38 bits per heavy atom. The van der Waals surface area contributed by atoms with Gasteiger partial charge in [-0.2, -0.15) is 13.2 Å². The van der Waals surface area contributed by atoms with E-state index in [0.29, 0.717) is 0 Å². The van der Waals surface area contributed by atoms with Gasteiger partial charge in [0.2, 0.25) is 5.91 Å². The van der Waals surface area contributed by atoms with Crippen LogP contribution in [-0.2, 0) is 11.0 Å². The molecule has 0 aliphatic heterocycles. The zero-order valence-electron chi connectivity index (χ0n) is 11.0. The highest BCUT2D eigenvalue weighted by molar-refractivity contribution is 5.98. The average Bonchev–Trinajstić information content (AvgIpc) is 2.36.